The van der Waals surface area contributed by atoms with E-state index >= 15 is 0 Å². The van der Waals surface area contributed by atoms with Crippen LogP contribution in [0.1, 0.15) is 75.7 Å². The van der Waals surface area contributed by atoms with E-state index in [4.69, 9.17) is 42.6 Å². The molecule has 1 aliphatic heterocycles. The lowest BCUT2D eigenvalue weighted by atomic mass is 9.73. The minimum absolute atomic E-state index is 0.281. The minimum Gasteiger partial charge on any atom is -0.463 e. The average molecular weight is 863 g/mol. The third kappa shape index (κ3) is 15.8. The summed E-state index contributed by atoms with van der Waals surface area (Å²) < 4.78 is 50.6. The molecule has 1 aliphatic carbocycles. The Bertz CT molecular complexity index is 1590. The Morgan fingerprint density at radius 3 is 1.29 bits per heavy atom. The molecule has 23 heteroatoms. The smallest absolute Gasteiger partial charge is 0.303 e. The van der Waals surface area contributed by atoms with Crippen molar-refractivity contribution in [1.29, 1.82) is 0 Å². The molecule has 2 aliphatic rings. The SMILES string of the molecule is CC(=O)N[C@@H](CSC(C)=O)C(=O)NC1C(CC2C(OC(C)=O)C(OC(C)=O)C(OC(C)=O)C(OC(C)=O)C2OC(C)=O)OC(COC(C)=O)C(OC(C)=O)C1OC(C)=O. The summed E-state index contributed by atoms with van der Waals surface area (Å²) in [5, 5.41) is 4.64. The van der Waals surface area contributed by atoms with E-state index in [1.54, 1.807) is 0 Å². The lowest BCUT2D eigenvalue weighted by Gasteiger charge is -2.50. The second-order valence-corrected chi connectivity index (χ2v) is 14.7. The van der Waals surface area contributed by atoms with Gasteiger partial charge in [0, 0.05) is 80.9 Å². The second kappa shape index (κ2) is 22.7. The topological polar surface area (TPSA) is 295 Å². The van der Waals surface area contributed by atoms with Crippen LogP contribution >= 0.6 is 11.8 Å². The van der Waals surface area contributed by atoms with Crippen molar-refractivity contribution in [2.75, 3.05) is 12.4 Å². The van der Waals surface area contributed by atoms with Crippen molar-refractivity contribution in [3.8, 4) is 0 Å². The molecular formula is C36H50N2O20S. The van der Waals surface area contributed by atoms with Crippen LogP contribution in [0, 0.1) is 5.92 Å². The quantitative estimate of drug-likeness (QED) is 0.141. The molecule has 330 valence electrons. The first-order valence-corrected chi connectivity index (χ1v) is 19.1. The van der Waals surface area contributed by atoms with Crippen molar-refractivity contribution in [1.82, 2.24) is 10.6 Å². The van der Waals surface area contributed by atoms with Crippen LogP contribution in [0.3, 0.4) is 0 Å². The molecule has 1 heterocycles. The highest BCUT2D eigenvalue weighted by molar-refractivity contribution is 8.13. The maximum absolute atomic E-state index is 14.0. The summed E-state index contributed by atoms with van der Waals surface area (Å²) in [6, 6.07) is -3.03. The van der Waals surface area contributed by atoms with Crippen LogP contribution in [0.25, 0.3) is 0 Å². The van der Waals surface area contributed by atoms with Crippen molar-refractivity contribution in [2.24, 2.45) is 5.92 Å². The minimum atomic E-state index is -1.76. The first-order chi connectivity index (χ1) is 27.4. The molecule has 2 N–H and O–H groups in total. The summed E-state index contributed by atoms with van der Waals surface area (Å²) in [4.78, 5) is 138. The molecule has 2 fully saturated rings. The van der Waals surface area contributed by atoms with Gasteiger partial charge in [-0.3, -0.25) is 52.7 Å². The molecule has 59 heavy (non-hydrogen) atoms. The zero-order chi connectivity index (χ0) is 44.9. The first-order valence-electron chi connectivity index (χ1n) is 18.1. The van der Waals surface area contributed by atoms with Crippen LogP contribution < -0.4 is 10.6 Å². The standard InChI is InChI=1S/C36H50N2O20S/c1-14(39)37-25(13-59-23(10)48)36(49)38-28-26(58-27(12-50-15(2)40)31(53-18(5)43)32(28)54-19(6)44)11-24-29(51-16(3)41)33(55-20(7)45)35(57-22(9)47)34(56-21(8)46)30(24)52-17(4)42/h24-35H,11-13H2,1-10H3,(H,37,39)(H,38,49)/t24?,25-,26?,27?,28?,29?,30?,31?,32?,33?,34?,35?/m0/s1. The molecule has 9 unspecified atom stereocenters. The summed E-state index contributed by atoms with van der Waals surface area (Å²) in [6.45, 7) is 9.68. The molecule has 1 saturated carbocycles. The number of nitrogens with one attached hydrogen (secondary N) is 2. The van der Waals surface area contributed by atoms with Gasteiger partial charge < -0.3 is 53.3 Å². The summed E-state index contributed by atoms with van der Waals surface area (Å²) >= 11 is 0.693. The van der Waals surface area contributed by atoms with Gasteiger partial charge in [-0.05, 0) is 6.42 Å². The second-order valence-electron chi connectivity index (χ2n) is 13.5. The van der Waals surface area contributed by atoms with Crippen molar-refractivity contribution in [3.05, 3.63) is 0 Å². The van der Waals surface area contributed by atoms with Gasteiger partial charge in [0.1, 0.15) is 31.0 Å². The molecule has 1 saturated heterocycles. The predicted molar refractivity (Wildman–Crippen MR) is 195 cm³/mol. The van der Waals surface area contributed by atoms with Gasteiger partial charge in [-0.15, -0.1) is 0 Å². The Morgan fingerprint density at radius 2 is 0.898 bits per heavy atom. The van der Waals surface area contributed by atoms with Crippen LogP contribution in [0.2, 0.25) is 0 Å². The van der Waals surface area contributed by atoms with Gasteiger partial charge in [-0.2, -0.15) is 0 Å². The molecule has 22 nitrogen and oxygen atoms in total. The third-order valence-corrected chi connectivity index (χ3v) is 9.37. The fourth-order valence-electron chi connectivity index (χ4n) is 6.73. The van der Waals surface area contributed by atoms with Crippen molar-refractivity contribution in [3.63, 3.8) is 0 Å². The number of esters is 8. The van der Waals surface area contributed by atoms with E-state index in [2.05, 4.69) is 10.6 Å². The fourth-order valence-corrected chi connectivity index (χ4v) is 7.36. The maximum Gasteiger partial charge on any atom is 0.303 e. The third-order valence-electron chi connectivity index (χ3n) is 8.46. The highest BCUT2D eigenvalue weighted by Gasteiger charge is 2.61. The largest absolute Gasteiger partial charge is 0.463 e. The van der Waals surface area contributed by atoms with Crippen LogP contribution in [0.15, 0.2) is 0 Å². The Morgan fingerprint density at radius 1 is 0.508 bits per heavy atom. The fraction of sp³-hybridized carbons (Fsp3) is 0.694. The normalized spacial score (nSPS) is 27.9. The number of thioether (sulfide) groups is 1. The Kier molecular flexibility index (Phi) is 19.2. The van der Waals surface area contributed by atoms with Crippen LogP contribution in [-0.2, 0) is 95.4 Å². The highest BCUT2D eigenvalue weighted by Crippen LogP contribution is 2.41. The Hall–Kier alpha value is -5.32. The molecule has 0 aromatic carbocycles. The van der Waals surface area contributed by atoms with E-state index in [1.807, 2.05) is 0 Å². The van der Waals surface area contributed by atoms with E-state index in [1.165, 1.54) is 6.92 Å². The molecule has 2 amide bonds. The molecule has 2 rings (SSSR count). The van der Waals surface area contributed by atoms with Gasteiger partial charge in [0.15, 0.2) is 35.6 Å². The van der Waals surface area contributed by atoms with E-state index < -0.39 is 151 Å². The van der Waals surface area contributed by atoms with E-state index in [0.29, 0.717) is 11.8 Å². The van der Waals surface area contributed by atoms with Gasteiger partial charge in [0.25, 0.3) is 0 Å². The Labute approximate surface area is 343 Å². The summed E-state index contributed by atoms with van der Waals surface area (Å²) in [5.41, 5.74) is 0. The van der Waals surface area contributed by atoms with Gasteiger partial charge in [0.05, 0.1) is 12.1 Å². The summed E-state index contributed by atoms with van der Waals surface area (Å²) in [6.07, 6.45) is -15.7. The number of rotatable bonds is 16. The zero-order valence-corrected chi connectivity index (χ0v) is 34.9. The number of hydrogen-bond donors (Lipinski definition) is 2. The van der Waals surface area contributed by atoms with Gasteiger partial charge >= 0.3 is 47.8 Å². The van der Waals surface area contributed by atoms with E-state index in [9.17, 15) is 52.7 Å². The number of carbonyl (C=O) groups is 11. The van der Waals surface area contributed by atoms with Crippen molar-refractivity contribution in [2.45, 2.75) is 143 Å². The van der Waals surface area contributed by atoms with Gasteiger partial charge in [-0.25, -0.2) is 0 Å². The summed E-state index contributed by atoms with van der Waals surface area (Å²) in [5.74, 6) is -11.0. The van der Waals surface area contributed by atoms with Crippen LogP contribution in [0.5, 0.6) is 0 Å². The molecular weight excluding hydrogens is 812 g/mol. The van der Waals surface area contributed by atoms with E-state index in [-0.39, 0.29) is 5.75 Å². The molecule has 0 radical (unpaired) electrons. The Balaban J connectivity index is 3.02. The van der Waals surface area contributed by atoms with Crippen LogP contribution in [-0.4, -0.2) is 144 Å². The highest BCUT2D eigenvalue weighted by atomic mass is 32.2. The molecule has 0 aromatic heterocycles. The maximum atomic E-state index is 14.0. The number of amides is 2. The number of hydrogen-bond acceptors (Lipinski definition) is 21. The lowest BCUT2D eigenvalue weighted by molar-refractivity contribution is -0.255. The van der Waals surface area contributed by atoms with Gasteiger partial charge in [-0.1, -0.05) is 11.8 Å². The van der Waals surface area contributed by atoms with Crippen molar-refractivity contribution >= 4 is 76.4 Å². The number of carbonyl (C=O) groups excluding carboxylic acids is 11. The predicted octanol–water partition coefficient (Wildman–Crippen LogP) is -0.872. The molecule has 0 bridgehead atoms. The lowest BCUT2D eigenvalue weighted by Crippen LogP contribution is -2.70. The monoisotopic (exact) mass is 862 g/mol. The summed E-state index contributed by atoms with van der Waals surface area (Å²) in [7, 11) is 0. The average Bonchev–Trinajstić information content (AvgIpc) is 3.07. The molecule has 0 spiro atoms. The molecule has 10 atom stereocenters. The first kappa shape index (κ1) is 49.8. The van der Waals surface area contributed by atoms with Crippen molar-refractivity contribution < 1.29 is 95.4 Å². The van der Waals surface area contributed by atoms with E-state index in [0.717, 1.165) is 62.3 Å². The van der Waals surface area contributed by atoms with Gasteiger partial charge in [0.2, 0.25) is 11.8 Å². The zero-order valence-electron chi connectivity index (χ0n) is 34.1. The van der Waals surface area contributed by atoms with Crippen LogP contribution in [0.4, 0.5) is 0 Å². The molecule has 0 aromatic rings. The number of ether oxygens (including phenoxy) is 9.